The van der Waals surface area contributed by atoms with E-state index in [1.165, 1.54) is 12.1 Å². The number of nitrogens with one attached hydrogen (secondary N) is 1. The van der Waals surface area contributed by atoms with Gasteiger partial charge in [0.2, 0.25) is 0 Å². The van der Waals surface area contributed by atoms with Crippen molar-refractivity contribution < 1.29 is 24.5 Å². The van der Waals surface area contributed by atoms with E-state index in [9.17, 15) is 15.2 Å². The number of hydrogen-bond acceptors (Lipinski definition) is 6. The van der Waals surface area contributed by atoms with Crippen LogP contribution in [0.1, 0.15) is 35.3 Å². The maximum atomic E-state index is 11.1. The third kappa shape index (κ3) is 7.94. The number of β-amino-alcohol motifs (C(OH)–C–C–N with tert-alkyl or cyclic N) is 1. The zero-order valence-electron chi connectivity index (χ0n) is 19.9. The molecule has 1 atom stereocenters. The van der Waals surface area contributed by atoms with Crippen molar-refractivity contribution in [3.05, 3.63) is 89.5 Å². The van der Waals surface area contributed by atoms with E-state index in [1.807, 2.05) is 44.2 Å². The lowest BCUT2D eigenvalue weighted by atomic mass is 10.0. The van der Waals surface area contributed by atoms with Crippen molar-refractivity contribution in [3.8, 4) is 22.9 Å². The monoisotopic (exact) mass is 474 g/mol. The molecule has 0 aliphatic carbocycles. The summed E-state index contributed by atoms with van der Waals surface area (Å²) in [4.78, 5) is 11.1. The summed E-state index contributed by atoms with van der Waals surface area (Å²) < 4.78 is 11.6. The Morgan fingerprint density at radius 2 is 1.74 bits per heavy atom. The van der Waals surface area contributed by atoms with Gasteiger partial charge >= 0.3 is 5.97 Å². The van der Waals surface area contributed by atoms with Crippen LogP contribution in [-0.2, 0) is 11.3 Å². The van der Waals surface area contributed by atoms with Crippen LogP contribution in [0.5, 0.6) is 5.75 Å². The molecule has 35 heavy (non-hydrogen) atoms. The SMILES string of the molecule is CC(C)(COCc1ccccc1)NC[C@H](O)COc1cc(-c2ccc(C(=O)O)cc2)ccc1C#N. The number of carboxylic acids is 1. The number of rotatable bonds is 12. The summed E-state index contributed by atoms with van der Waals surface area (Å²) in [6, 6.07) is 23.6. The minimum Gasteiger partial charge on any atom is -0.489 e. The van der Waals surface area contributed by atoms with E-state index in [1.54, 1.807) is 30.3 Å². The molecule has 3 rings (SSSR count). The largest absolute Gasteiger partial charge is 0.489 e. The Bertz CT molecular complexity index is 1150. The van der Waals surface area contributed by atoms with Gasteiger partial charge in [0.05, 0.1) is 24.3 Å². The molecule has 0 amide bonds. The molecule has 3 N–H and O–H groups in total. The van der Waals surface area contributed by atoms with Crippen molar-refractivity contribution in [3.63, 3.8) is 0 Å². The van der Waals surface area contributed by atoms with Gasteiger partial charge in [-0.3, -0.25) is 0 Å². The molecule has 0 unspecified atom stereocenters. The third-order valence-corrected chi connectivity index (χ3v) is 5.39. The van der Waals surface area contributed by atoms with E-state index in [2.05, 4.69) is 11.4 Å². The highest BCUT2D eigenvalue weighted by Gasteiger charge is 2.19. The topological polar surface area (TPSA) is 112 Å². The highest BCUT2D eigenvalue weighted by atomic mass is 16.5. The van der Waals surface area contributed by atoms with Crippen molar-refractivity contribution >= 4 is 5.97 Å². The summed E-state index contributed by atoms with van der Waals surface area (Å²) in [5.41, 5.74) is 2.87. The summed E-state index contributed by atoms with van der Waals surface area (Å²) in [5, 5.41) is 32.2. The lowest BCUT2D eigenvalue weighted by molar-refractivity contribution is 0.0551. The third-order valence-electron chi connectivity index (χ3n) is 5.39. The fourth-order valence-corrected chi connectivity index (χ4v) is 3.41. The maximum Gasteiger partial charge on any atom is 0.335 e. The lowest BCUT2D eigenvalue weighted by Gasteiger charge is -2.27. The number of benzene rings is 3. The molecule has 0 saturated heterocycles. The summed E-state index contributed by atoms with van der Waals surface area (Å²) >= 11 is 0. The van der Waals surface area contributed by atoms with Crippen LogP contribution in [0.2, 0.25) is 0 Å². The number of carbonyl (C=O) groups is 1. The average Bonchev–Trinajstić information content (AvgIpc) is 2.86. The number of nitriles is 1. The zero-order valence-corrected chi connectivity index (χ0v) is 19.9. The number of aromatic carboxylic acids is 1. The molecule has 0 fully saturated rings. The van der Waals surface area contributed by atoms with Crippen LogP contribution in [0.4, 0.5) is 0 Å². The van der Waals surface area contributed by atoms with Crippen LogP contribution in [-0.4, -0.2) is 47.6 Å². The second kappa shape index (κ2) is 12.1. The van der Waals surface area contributed by atoms with Crippen LogP contribution >= 0.6 is 0 Å². The van der Waals surface area contributed by atoms with Gasteiger partial charge in [-0.2, -0.15) is 5.26 Å². The maximum absolute atomic E-state index is 11.1. The number of carboxylic acid groups (broad SMARTS) is 1. The van der Waals surface area contributed by atoms with Gasteiger partial charge in [0.15, 0.2) is 0 Å². The van der Waals surface area contributed by atoms with Gasteiger partial charge in [-0.25, -0.2) is 4.79 Å². The molecule has 0 spiro atoms. The number of hydrogen-bond donors (Lipinski definition) is 3. The Morgan fingerprint density at radius 1 is 1.06 bits per heavy atom. The van der Waals surface area contributed by atoms with Gasteiger partial charge in [-0.15, -0.1) is 0 Å². The Balaban J connectivity index is 1.52. The van der Waals surface area contributed by atoms with Crippen LogP contribution in [0.15, 0.2) is 72.8 Å². The second-order valence-corrected chi connectivity index (χ2v) is 8.91. The van der Waals surface area contributed by atoms with E-state index in [0.717, 1.165) is 16.7 Å². The van der Waals surface area contributed by atoms with Crippen molar-refractivity contribution in [2.45, 2.75) is 32.1 Å². The molecule has 182 valence electrons. The minimum absolute atomic E-state index is 0.00401. The smallest absolute Gasteiger partial charge is 0.335 e. The molecule has 0 saturated carbocycles. The van der Waals surface area contributed by atoms with Crippen LogP contribution in [0.25, 0.3) is 11.1 Å². The minimum atomic E-state index is -0.992. The standard InChI is InChI=1S/C28H30N2O5/c1-28(2,19-34-17-20-6-4-3-5-7-20)30-16-25(31)18-35-26-14-23(12-13-24(26)15-29)21-8-10-22(11-9-21)27(32)33/h3-14,25,30-31H,16-19H2,1-2H3,(H,32,33)/t25-/m0/s1. The van der Waals surface area contributed by atoms with Crippen LogP contribution < -0.4 is 10.1 Å². The number of aliphatic hydroxyl groups is 1. The van der Waals surface area contributed by atoms with Crippen LogP contribution in [0.3, 0.4) is 0 Å². The van der Waals surface area contributed by atoms with Gasteiger partial charge in [0, 0.05) is 12.1 Å². The summed E-state index contributed by atoms with van der Waals surface area (Å²) in [6.45, 7) is 5.28. The van der Waals surface area contributed by atoms with E-state index < -0.39 is 12.1 Å². The predicted octanol–water partition coefficient (Wildman–Crippen LogP) is 4.25. The van der Waals surface area contributed by atoms with Gasteiger partial charge < -0.3 is 25.0 Å². The molecule has 0 aliphatic heterocycles. The molecular formula is C28H30N2O5. The van der Waals surface area contributed by atoms with Crippen molar-refractivity contribution in [2.24, 2.45) is 0 Å². The van der Waals surface area contributed by atoms with Gasteiger partial charge in [0.25, 0.3) is 0 Å². The molecule has 0 aliphatic rings. The highest BCUT2D eigenvalue weighted by Crippen LogP contribution is 2.27. The Hall–Kier alpha value is -3.70. The average molecular weight is 475 g/mol. The van der Waals surface area contributed by atoms with Crippen molar-refractivity contribution in [1.29, 1.82) is 5.26 Å². The predicted molar refractivity (Wildman–Crippen MR) is 133 cm³/mol. The first-order valence-corrected chi connectivity index (χ1v) is 11.3. The molecule has 3 aromatic carbocycles. The first kappa shape index (κ1) is 25.9. The van der Waals surface area contributed by atoms with Crippen molar-refractivity contribution in [1.82, 2.24) is 5.32 Å². The van der Waals surface area contributed by atoms with Crippen LogP contribution in [0, 0.1) is 11.3 Å². The Kier molecular flexibility index (Phi) is 8.98. The fourth-order valence-electron chi connectivity index (χ4n) is 3.41. The summed E-state index contributed by atoms with van der Waals surface area (Å²) in [6.07, 6.45) is -0.798. The van der Waals surface area contributed by atoms with E-state index in [-0.39, 0.29) is 17.7 Å². The molecule has 0 bridgehead atoms. The number of ether oxygens (including phenoxy) is 2. The van der Waals surface area contributed by atoms with Gasteiger partial charge in [-0.1, -0.05) is 48.5 Å². The van der Waals surface area contributed by atoms with Gasteiger partial charge in [-0.05, 0) is 54.8 Å². The quantitative estimate of drug-likeness (QED) is 0.360. The molecule has 3 aromatic rings. The molecule has 0 heterocycles. The molecule has 0 radical (unpaired) electrons. The molecule has 7 nitrogen and oxygen atoms in total. The molecule has 0 aromatic heterocycles. The van der Waals surface area contributed by atoms with Crippen molar-refractivity contribution in [2.75, 3.05) is 19.8 Å². The Labute approximate surface area is 205 Å². The lowest BCUT2D eigenvalue weighted by Crippen LogP contribution is -2.47. The summed E-state index contributed by atoms with van der Waals surface area (Å²) in [7, 11) is 0. The van der Waals surface area contributed by atoms with E-state index >= 15 is 0 Å². The van der Waals surface area contributed by atoms with E-state index in [0.29, 0.717) is 31.1 Å². The normalized spacial score (nSPS) is 12.1. The van der Waals surface area contributed by atoms with E-state index in [4.69, 9.17) is 14.6 Å². The summed E-state index contributed by atoms with van der Waals surface area (Å²) in [5.74, 6) is -0.634. The second-order valence-electron chi connectivity index (χ2n) is 8.91. The first-order chi connectivity index (χ1) is 16.8. The van der Waals surface area contributed by atoms with Gasteiger partial charge in [0.1, 0.15) is 24.5 Å². The number of nitrogens with zero attached hydrogens (tertiary/aromatic N) is 1. The first-order valence-electron chi connectivity index (χ1n) is 11.3. The number of aliphatic hydroxyl groups excluding tert-OH is 1. The molecular weight excluding hydrogens is 444 g/mol. The highest BCUT2D eigenvalue weighted by molar-refractivity contribution is 5.88. The Morgan fingerprint density at radius 3 is 2.40 bits per heavy atom. The fraction of sp³-hybridized carbons (Fsp3) is 0.286. The zero-order chi connectivity index (χ0) is 25.3. The molecule has 7 heteroatoms.